The molecule has 0 saturated carbocycles. The number of allylic oxidation sites excluding steroid dienone is 1. The monoisotopic (exact) mass is 293 g/mol. The van der Waals surface area contributed by atoms with Crippen LogP contribution in [0.15, 0.2) is 42.0 Å². The average Bonchev–Trinajstić information content (AvgIpc) is 2.51. The molecule has 1 atom stereocenters. The van der Waals surface area contributed by atoms with Crippen LogP contribution in [0.25, 0.3) is 16.8 Å². The standard InChI is InChI=1S/C19H19NO2/c1-12-10-15(17(21)8-9-18(20)22)11-14-7-6-13-4-2-3-5-16(13)19(12)14/h2-7,11-12H,8-10H2,1H3,(H2,20,22). The van der Waals surface area contributed by atoms with Crippen molar-refractivity contribution in [2.24, 2.45) is 5.73 Å². The highest BCUT2D eigenvalue weighted by Gasteiger charge is 2.23. The second kappa shape index (κ2) is 5.76. The molecule has 0 saturated heterocycles. The molecule has 2 N–H and O–H groups in total. The summed E-state index contributed by atoms with van der Waals surface area (Å²) in [6.45, 7) is 2.15. The summed E-state index contributed by atoms with van der Waals surface area (Å²) in [5.41, 5.74) is 8.35. The predicted octanol–water partition coefficient (Wildman–Crippen LogP) is 3.57. The van der Waals surface area contributed by atoms with Crippen LogP contribution in [0.1, 0.15) is 43.2 Å². The molecule has 112 valence electrons. The van der Waals surface area contributed by atoms with Crippen molar-refractivity contribution in [3.63, 3.8) is 0 Å². The van der Waals surface area contributed by atoms with Gasteiger partial charge >= 0.3 is 0 Å². The van der Waals surface area contributed by atoms with Crippen LogP contribution >= 0.6 is 0 Å². The first-order valence-corrected chi connectivity index (χ1v) is 7.60. The highest BCUT2D eigenvalue weighted by atomic mass is 16.1. The Balaban J connectivity index is 1.99. The highest BCUT2D eigenvalue weighted by molar-refractivity contribution is 6.03. The second-order valence-corrected chi connectivity index (χ2v) is 5.95. The summed E-state index contributed by atoms with van der Waals surface area (Å²) in [6.07, 6.45) is 3.02. The summed E-state index contributed by atoms with van der Waals surface area (Å²) in [5.74, 6) is -0.104. The number of Topliss-reactive ketones (excluding diaryl/α,β-unsaturated/α-hetero) is 1. The molecule has 1 unspecified atom stereocenters. The predicted molar refractivity (Wildman–Crippen MR) is 88.4 cm³/mol. The van der Waals surface area contributed by atoms with E-state index in [0.29, 0.717) is 5.92 Å². The fourth-order valence-electron chi connectivity index (χ4n) is 3.26. The third kappa shape index (κ3) is 2.67. The Morgan fingerprint density at radius 3 is 2.68 bits per heavy atom. The minimum absolute atomic E-state index is 0.0319. The van der Waals surface area contributed by atoms with Gasteiger partial charge in [-0.15, -0.1) is 0 Å². The first-order valence-electron chi connectivity index (χ1n) is 7.60. The van der Waals surface area contributed by atoms with Gasteiger partial charge in [-0.25, -0.2) is 0 Å². The average molecular weight is 293 g/mol. The first kappa shape index (κ1) is 14.5. The number of primary amides is 1. The number of ketones is 1. The highest BCUT2D eigenvalue weighted by Crippen LogP contribution is 2.38. The van der Waals surface area contributed by atoms with E-state index in [4.69, 9.17) is 5.73 Å². The van der Waals surface area contributed by atoms with Gasteiger partial charge in [0.05, 0.1) is 0 Å². The number of nitrogens with two attached hydrogens (primary N) is 1. The SMILES string of the molecule is CC1CC(C(=O)CCC(N)=O)=Cc2ccc3ccccc3c21. The zero-order valence-electron chi connectivity index (χ0n) is 12.6. The van der Waals surface area contributed by atoms with E-state index < -0.39 is 5.91 Å². The van der Waals surface area contributed by atoms with E-state index in [1.807, 2.05) is 18.2 Å². The number of hydrogen-bond donors (Lipinski definition) is 1. The van der Waals surface area contributed by atoms with Gasteiger partial charge in [-0.05, 0) is 45.9 Å². The van der Waals surface area contributed by atoms with Crippen molar-refractivity contribution >= 4 is 28.5 Å². The molecule has 2 aromatic rings. The summed E-state index contributed by atoms with van der Waals surface area (Å²) >= 11 is 0. The lowest BCUT2D eigenvalue weighted by molar-refractivity contribution is -0.122. The molecule has 0 radical (unpaired) electrons. The van der Waals surface area contributed by atoms with Gasteiger partial charge < -0.3 is 5.73 Å². The van der Waals surface area contributed by atoms with Crippen molar-refractivity contribution in [1.29, 1.82) is 0 Å². The van der Waals surface area contributed by atoms with Gasteiger partial charge in [-0.2, -0.15) is 0 Å². The molecule has 0 aliphatic heterocycles. The number of benzene rings is 2. The van der Waals surface area contributed by atoms with Crippen molar-refractivity contribution in [2.75, 3.05) is 0 Å². The molecular formula is C19H19NO2. The van der Waals surface area contributed by atoms with E-state index >= 15 is 0 Å². The molecule has 0 bridgehead atoms. The molecular weight excluding hydrogens is 274 g/mol. The Labute approximate surface area is 129 Å². The Morgan fingerprint density at radius 1 is 1.14 bits per heavy atom. The maximum absolute atomic E-state index is 12.2. The lowest BCUT2D eigenvalue weighted by atomic mass is 9.80. The van der Waals surface area contributed by atoms with Crippen LogP contribution in [0.5, 0.6) is 0 Å². The summed E-state index contributed by atoms with van der Waals surface area (Å²) in [4.78, 5) is 23.1. The van der Waals surface area contributed by atoms with Crippen LogP contribution in [0.4, 0.5) is 0 Å². The number of carbonyl (C=O) groups excluding carboxylic acids is 2. The molecule has 0 heterocycles. The van der Waals surface area contributed by atoms with E-state index in [2.05, 4.69) is 31.2 Å². The van der Waals surface area contributed by atoms with Crippen molar-refractivity contribution in [3.05, 3.63) is 53.1 Å². The Kier molecular flexibility index (Phi) is 3.80. The van der Waals surface area contributed by atoms with Crippen molar-refractivity contribution in [3.8, 4) is 0 Å². The van der Waals surface area contributed by atoms with Gasteiger partial charge in [-0.1, -0.05) is 43.3 Å². The molecule has 3 heteroatoms. The van der Waals surface area contributed by atoms with Crippen LogP contribution in [-0.4, -0.2) is 11.7 Å². The maximum atomic E-state index is 12.2. The van der Waals surface area contributed by atoms with Gasteiger partial charge in [0.25, 0.3) is 0 Å². The zero-order chi connectivity index (χ0) is 15.7. The normalized spacial score (nSPS) is 17.0. The lowest BCUT2D eigenvalue weighted by Gasteiger charge is -2.24. The zero-order valence-corrected chi connectivity index (χ0v) is 12.6. The van der Waals surface area contributed by atoms with Crippen LogP contribution < -0.4 is 5.73 Å². The third-order valence-corrected chi connectivity index (χ3v) is 4.31. The van der Waals surface area contributed by atoms with E-state index in [-0.39, 0.29) is 18.6 Å². The molecule has 1 amide bonds. The van der Waals surface area contributed by atoms with E-state index in [1.165, 1.54) is 16.3 Å². The second-order valence-electron chi connectivity index (χ2n) is 5.95. The van der Waals surface area contributed by atoms with E-state index in [0.717, 1.165) is 17.6 Å². The third-order valence-electron chi connectivity index (χ3n) is 4.31. The largest absolute Gasteiger partial charge is 0.370 e. The quantitative estimate of drug-likeness (QED) is 0.936. The molecule has 1 aliphatic rings. The number of carbonyl (C=O) groups is 2. The summed E-state index contributed by atoms with van der Waals surface area (Å²) in [7, 11) is 0. The topological polar surface area (TPSA) is 60.2 Å². The van der Waals surface area contributed by atoms with Gasteiger partial charge in [-0.3, -0.25) is 9.59 Å². The number of hydrogen-bond acceptors (Lipinski definition) is 2. The minimum Gasteiger partial charge on any atom is -0.370 e. The van der Waals surface area contributed by atoms with E-state index in [1.54, 1.807) is 0 Å². The Hall–Kier alpha value is -2.42. The molecule has 0 spiro atoms. The van der Waals surface area contributed by atoms with Crippen molar-refractivity contribution < 1.29 is 9.59 Å². The van der Waals surface area contributed by atoms with E-state index in [9.17, 15) is 9.59 Å². The minimum atomic E-state index is -0.427. The first-order chi connectivity index (χ1) is 10.6. The van der Waals surface area contributed by atoms with Crippen LogP contribution in [0.2, 0.25) is 0 Å². The van der Waals surface area contributed by atoms with Gasteiger partial charge in [0.1, 0.15) is 0 Å². The van der Waals surface area contributed by atoms with Gasteiger partial charge in [0, 0.05) is 12.8 Å². The maximum Gasteiger partial charge on any atom is 0.217 e. The Morgan fingerprint density at radius 2 is 1.91 bits per heavy atom. The lowest BCUT2D eigenvalue weighted by Crippen LogP contribution is -2.16. The fourth-order valence-corrected chi connectivity index (χ4v) is 3.26. The molecule has 22 heavy (non-hydrogen) atoms. The van der Waals surface area contributed by atoms with Crippen LogP contribution in [0.3, 0.4) is 0 Å². The van der Waals surface area contributed by atoms with Crippen molar-refractivity contribution in [2.45, 2.75) is 32.1 Å². The van der Waals surface area contributed by atoms with Gasteiger partial charge in [0.15, 0.2) is 5.78 Å². The summed E-state index contributed by atoms with van der Waals surface area (Å²) < 4.78 is 0. The fraction of sp³-hybridized carbons (Fsp3) is 0.263. The molecule has 0 aromatic heterocycles. The number of rotatable bonds is 4. The smallest absolute Gasteiger partial charge is 0.217 e. The summed E-state index contributed by atoms with van der Waals surface area (Å²) in [5, 5.41) is 2.48. The van der Waals surface area contributed by atoms with Gasteiger partial charge in [0.2, 0.25) is 5.91 Å². The Bertz CT molecular complexity index is 789. The molecule has 0 fully saturated rings. The number of amides is 1. The van der Waals surface area contributed by atoms with Crippen LogP contribution in [-0.2, 0) is 9.59 Å². The molecule has 2 aromatic carbocycles. The number of fused-ring (bicyclic) bond motifs is 3. The molecule has 3 rings (SSSR count). The van der Waals surface area contributed by atoms with Crippen LogP contribution in [0, 0.1) is 0 Å². The molecule has 1 aliphatic carbocycles. The summed E-state index contributed by atoms with van der Waals surface area (Å²) in [6, 6.07) is 12.5. The van der Waals surface area contributed by atoms with Crippen molar-refractivity contribution in [1.82, 2.24) is 0 Å². The molecule has 3 nitrogen and oxygen atoms in total.